The summed E-state index contributed by atoms with van der Waals surface area (Å²) in [7, 11) is 0. The van der Waals surface area contributed by atoms with Crippen LogP contribution in [0, 0.1) is 11.3 Å². The van der Waals surface area contributed by atoms with Crippen molar-refractivity contribution in [3.63, 3.8) is 0 Å². The van der Waals surface area contributed by atoms with Crippen LogP contribution in [0.15, 0.2) is 24.3 Å². The smallest absolute Gasteiger partial charge is 0.304 e. The molecule has 0 radical (unpaired) electrons. The highest BCUT2D eigenvalue weighted by Crippen LogP contribution is 2.38. The number of hydrogen-bond acceptors (Lipinski definition) is 4. The molecule has 0 bridgehead atoms. The molecule has 1 saturated heterocycles. The fourth-order valence-corrected chi connectivity index (χ4v) is 4.46. The van der Waals surface area contributed by atoms with E-state index in [1.807, 2.05) is 0 Å². The molecule has 0 spiro atoms. The summed E-state index contributed by atoms with van der Waals surface area (Å²) in [6.07, 6.45) is 5.41. The van der Waals surface area contributed by atoms with Crippen LogP contribution in [-0.2, 0) is 4.79 Å². The molecule has 1 aliphatic carbocycles. The second-order valence-electron chi connectivity index (χ2n) is 9.42. The molecule has 1 saturated carbocycles. The maximum atomic E-state index is 10.7. The molecule has 5 nitrogen and oxygen atoms in total. The van der Waals surface area contributed by atoms with Crippen LogP contribution < -0.4 is 9.64 Å². The maximum absolute atomic E-state index is 10.7. The van der Waals surface area contributed by atoms with Crippen LogP contribution in [0.25, 0.3) is 0 Å². The topological polar surface area (TPSA) is 53.0 Å². The van der Waals surface area contributed by atoms with E-state index in [-0.39, 0.29) is 6.42 Å². The zero-order valence-corrected chi connectivity index (χ0v) is 17.7. The summed E-state index contributed by atoms with van der Waals surface area (Å²) in [6, 6.07) is 8.51. The van der Waals surface area contributed by atoms with Gasteiger partial charge in [-0.3, -0.25) is 9.69 Å². The summed E-state index contributed by atoms with van der Waals surface area (Å²) in [5, 5.41) is 8.82. The summed E-state index contributed by atoms with van der Waals surface area (Å²) >= 11 is 0. The van der Waals surface area contributed by atoms with Crippen LogP contribution in [0.5, 0.6) is 5.75 Å². The molecule has 0 amide bonds. The van der Waals surface area contributed by atoms with E-state index in [1.54, 1.807) is 0 Å². The zero-order valence-electron chi connectivity index (χ0n) is 17.7. The first-order valence-electron chi connectivity index (χ1n) is 10.8. The van der Waals surface area contributed by atoms with Gasteiger partial charge in [-0.2, -0.15) is 0 Å². The van der Waals surface area contributed by atoms with Gasteiger partial charge in [-0.1, -0.05) is 20.8 Å². The number of anilines is 1. The lowest BCUT2D eigenvalue weighted by molar-refractivity contribution is -0.137. The van der Waals surface area contributed by atoms with Gasteiger partial charge in [0, 0.05) is 38.4 Å². The molecule has 28 heavy (non-hydrogen) atoms. The second-order valence-corrected chi connectivity index (χ2v) is 9.42. The van der Waals surface area contributed by atoms with Crippen molar-refractivity contribution in [3.8, 4) is 5.75 Å². The van der Waals surface area contributed by atoms with Crippen LogP contribution in [0.1, 0.15) is 52.9 Å². The highest BCUT2D eigenvalue weighted by molar-refractivity contribution is 5.66. The predicted octanol–water partition coefficient (Wildman–Crippen LogP) is 4.27. The van der Waals surface area contributed by atoms with Crippen molar-refractivity contribution in [2.45, 2.75) is 59.0 Å². The van der Waals surface area contributed by atoms with Crippen molar-refractivity contribution in [1.82, 2.24) is 4.90 Å². The van der Waals surface area contributed by atoms with Gasteiger partial charge in [0.25, 0.3) is 0 Å². The van der Waals surface area contributed by atoms with Gasteiger partial charge in [0.2, 0.25) is 0 Å². The molecule has 5 heteroatoms. The summed E-state index contributed by atoms with van der Waals surface area (Å²) in [6.45, 7) is 11.4. The molecule has 0 atom stereocenters. The van der Waals surface area contributed by atoms with E-state index in [4.69, 9.17) is 9.84 Å². The number of benzene rings is 1. The zero-order chi connectivity index (χ0) is 20.1. The highest BCUT2D eigenvalue weighted by atomic mass is 16.5. The molecule has 0 unspecified atom stereocenters. The summed E-state index contributed by atoms with van der Waals surface area (Å²) in [4.78, 5) is 15.3. The highest BCUT2D eigenvalue weighted by Gasteiger charge is 2.30. The first-order valence-corrected chi connectivity index (χ1v) is 10.8. The Labute approximate surface area is 169 Å². The minimum Gasteiger partial charge on any atom is -0.490 e. The molecule has 2 fully saturated rings. The number of carboxylic acid groups (broad SMARTS) is 1. The average molecular weight is 389 g/mol. The second kappa shape index (κ2) is 9.17. The molecule has 1 aromatic rings. The van der Waals surface area contributed by atoms with E-state index in [0.29, 0.717) is 18.1 Å². The molecule has 1 heterocycles. The number of piperazine rings is 1. The molecular formula is C23H36N2O3. The molecule has 3 rings (SSSR count). The van der Waals surface area contributed by atoms with Gasteiger partial charge in [-0.15, -0.1) is 0 Å². The standard InChI is InChI=1S/C23H36N2O3/c1-23(2,3)18-4-8-20(9-5-18)28-21-10-6-19(7-11-21)25-16-14-24(15-17-25)13-12-22(26)27/h6-7,10-11,18,20H,4-5,8-9,12-17H2,1-3H3,(H,26,27)/t18-,20-. The van der Waals surface area contributed by atoms with Crippen LogP contribution in [0.4, 0.5) is 5.69 Å². The van der Waals surface area contributed by atoms with Crippen molar-refractivity contribution in [3.05, 3.63) is 24.3 Å². The van der Waals surface area contributed by atoms with Gasteiger partial charge in [0.1, 0.15) is 5.75 Å². The molecule has 2 aliphatic rings. The van der Waals surface area contributed by atoms with Gasteiger partial charge < -0.3 is 14.7 Å². The van der Waals surface area contributed by atoms with E-state index in [2.05, 4.69) is 54.8 Å². The van der Waals surface area contributed by atoms with Gasteiger partial charge in [0.15, 0.2) is 0 Å². The molecule has 0 aromatic heterocycles. The van der Waals surface area contributed by atoms with Crippen molar-refractivity contribution >= 4 is 11.7 Å². The van der Waals surface area contributed by atoms with Crippen LogP contribution in [0.3, 0.4) is 0 Å². The minimum absolute atomic E-state index is 0.226. The van der Waals surface area contributed by atoms with Gasteiger partial charge in [-0.25, -0.2) is 0 Å². The lowest BCUT2D eigenvalue weighted by Crippen LogP contribution is -2.46. The normalized spacial score (nSPS) is 24.2. The van der Waals surface area contributed by atoms with Crippen LogP contribution in [-0.4, -0.2) is 54.8 Å². The Balaban J connectivity index is 1.44. The predicted molar refractivity (Wildman–Crippen MR) is 113 cm³/mol. The van der Waals surface area contributed by atoms with E-state index in [1.165, 1.54) is 18.5 Å². The van der Waals surface area contributed by atoms with Gasteiger partial charge in [-0.05, 0) is 61.3 Å². The number of hydrogen-bond donors (Lipinski definition) is 1. The number of nitrogens with zero attached hydrogens (tertiary/aromatic N) is 2. The number of rotatable bonds is 6. The molecule has 1 N–H and O–H groups in total. The third kappa shape index (κ3) is 5.87. The fraction of sp³-hybridized carbons (Fsp3) is 0.696. The van der Waals surface area contributed by atoms with Gasteiger partial charge in [0.05, 0.1) is 12.5 Å². The Hall–Kier alpha value is -1.75. The van der Waals surface area contributed by atoms with Crippen molar-refractivity contribution in [1.29, 1.82) is 0 Å². The Kier molecular flexibility index (Phi) is 6.86. The third-order valence-electron chi connectivity index (χ3n) is 6.42. The van der Waals surface area contributed by atoms with E-state index >= 15 is 0 Å². The molecular weight excluding hydrogens is 352 g/mol. The lowest BCUT2D eigenvalue weighted by Gasteiger charge is -2.37. The number of carboxylic acids is 1. The van der Waals surface area contributed by atoms with Gasteiger partial charge >= 0.3 is 5.97 Å². The minimum atomic E-state index is -0.718. The van der Waals surface area contributed by atoms with E-state index < -0.39 is 5.97 Å². The largest absolute Gasteiger partial charge is 0.490 e. The van der Waals surface area contributed by atoms with Crippen LogP contribution >= 0.6 is 0 Å². The Morgan fingerprint density at radius 3 is 2.18 bits per heavy atom. The molecule has 1 aromatic carbocycles. The number of carbonyl (C=O) groups is 1. The first kappa shape index (κ1) is 21.0. The summed E-state index contributed by atoms with van der Waals surface area (Å²) in [5.74, 6) is 1.07. The third-order valence-corrected chi connectivity index (χ3v) is 6.42. The lowest BCUT2D eigenvalue weighted by atomic mass is 9.72. The van der Waals surface area contributed by atoms with Crippen molar-refractivity contribution in [2.24, 2.45) is 11.3 Å². The fourth-order valence-electron chi connectivity index (χ4n) is 4.46. The summed E-state index contributed by atoms with van der Waals surface area (Å²) in [5.41, 5.74) is 1.63. The number of aliphatic carboxylic acids is 1. The molecule has 156 valence electrons. The number of ether oxygens (including phenoxy) is 1. The van der Waals surface area contributed by atoms with E-state index in [9.17, 15) is 4.79 Å². The van der Waals surface area contributed by atoms with Crippen LogP contribution in [0.2, 0.25) is 0 Å². The maximum Gasteiger partial charge on any atom is 0.304 e. The SMILES string of the molecule is CC(C)(C)[C@H]1CC[C@H](Oc2ccc(N3CCN(CCC(=O)O)CC3)cc2)CC1. The van der Waals surface area contributed by atoms with E-state index in [0.717, 1.165) is 50.7 Å². The first-order chi connectivity index (χ1) is 13.3. The van der Waals surface area contributed by atoms with Crippen molar-refractivity contribution in [2.75, 3.05) is 37.6 Å². The molecule has 1 aliphatic heterocycles. The Morgan fingerprint density at radius 2 is 1.64 bits per heavy atom. The quantitative estimate of drug-likeness (QED) is 0.789. The van der Waals surface area contributed by atoms with Crippen molar-refractivity contribution < 1.29 is 14.6 Å². The Bertz CT molecular complexity index is 622. The monoisotopic (exact) mass is 388 g/mol. The Morgan fingerprint density at radius 1 is 1.04 bits per heavy atom. The summed E-state index contributed by atoms with van der Waals surface area (Å²) < 4.78 is 6.25. The average Bonchev–Trinajstić information content (AvgIpc) is 2.67.